The van der Waals surface area contributed by atoms with Crippen LogP contribution < -0.4 is 5.32 Å². The first-order chi connectivity index (χ1) is 15.9. The van der Waals surface area contributed by atoms with Crippen molar-refractivity contribution in [2.75, 3.05) is 12.5 Å². The Balaban J connectivity index is 1.57. The summed E-state index contributed by atoms with van der Waals surface area (Å²) in [5, 5.41) is 21.8. The van der Waals surface area contributed by atoms with Gasteiger partial charge in [0.05, 0.1) is 12.5 Å². The van der Waals surface area contributed by atoms with Gasteiger partial charge in [-0.3, -0.25) is 14.5 Å². The van der Waals surface area contributed by atoms with Crippen molar-refractivity contribution in [2.24, 2.45) is 0 Å². The molecule has 3 heterocycles. The van der Waals surface area contributed by atoms with Crippen molar-refractivity contribution in [3.63, 3.8) is 0 Å². The van der Waals surface area contributed by atoms with Crippen molar-refractivity contribution in [3.05, 3.63) is 29.8 Å². The Morgan fingerprint density at radius 1 is 1.24 bits per heavy atom. The fourth-order valence-electron chi connectivity index (χ4n) is 4.61. The average molecular weight is 525 g/mol. The van der Waals surface area contributed by atoms with Gasteiger partial charge in [0.1, 0.15) is 33.6 Å². The van der Waals surface area contributed by atoms with Crippen LogP contribution in [0.3, 0.4) is 0 Å². The van der Waals surface area contributed by atoms with E-state index in [0.717, 1.165) is 4.32 Å². The molecule has 3 N–H and O–H groups in total. The van der Waals surface area contributed by atoms with Crippen LogP contribution in [0.4, 0.5) is 0 Å². The molecule has 1 aromatic carbocycles. The third-order valence-corrected chi connectivity index (χ3v) is 9.44. The number of phenolic OH excluding ortho intramolecular Hbond substituents is 1. The molecule has 0 aliphatic carbocycles. The molecule has 0 saturated carbocycles. The maximum absolute atomic E-state index is 13.6. The summed E-state index contributed by atoms with van der Waals surface area (Å²) in [5.41, 5.74) is 0.680. The number of carbonyl (C=O) groups is 3. The van der Waals surface area contributed by atoms with Crippen molar-refractivity contribution in [1.82, 2.24) is 20.0 Å². The van der Waals surface area contributed by atoms with Gasteiger partial charge in [0.15, 0.2) is 0 Å². The summed E-state index contributed by atoms with van der Waals surface area (Å²) >= 11 is 8.35. The lowest BCUT2D eigenvalue weighted by atomic mass is 9.95. The summed E-state index contributed by atoms with van der Waals surface area (Å²) in [5.74, 6) is -1.19. The maximum Gasteiger partial charge on any atom is 0.327 e. The largest absolute Gasteiger partial charge is 0.508 e. The number of hydrogen-bond donors (Lipinski definition) is 3. The minimum absolute atomic E-state index is 0.0926. The fourth-order valence-corrected chi connectivity index (χ4v) is 7.60. The van der Waals surface area contributed by atoms with Crippen molar-refractivity contribution < 1.29 is 24.6 Å². The number of thiocarbonyl (C=S) groups is 1. The number of carbonyl (C=O) groups excluding carboxylic acids is 2. The van der Waals surface area contributed by atoms with E-state index < -0.39 is 34.2 Å². The molecule has 34 heavy (non-hydrogen) atoms. The normalized spacial score (nSPS) is 27.4. The van der Waals surface area contributed by atoms with E-state index in [-0.39, 0.29) is 23.6 Å². The Morgan fingerprint density at radius 3 is 2.47 bits per heavy atom. The average Bonchev–Trinajstić information content (AvgIpc) is 3.02. The molecular weight excluding hydrogens is 496 g/mol. The number of β-lactam (4-membered cyclic amide) rings is 1. The molecule has 3 fully saturated rings. The molecule has 9 nitrogen and oxygen atoms in total. The number of rotatable bonds is 6. The highest BCUT2D eigenvalue weighted by molar-refractivity contribution is 8.22. The van der Waals surface area contributed by atoms with Crippen molar-refractivity contribution in [3.8, 4) is 5.75 Å². The van der Waals surface area contributed by atoms with Crippen LogP contribution in [0.25, 0.3) is 0 Å². The number of amides is 2. The van der Waals surface area contributed by atoms with E-state index in [1.54, 1.807) is 26.0 Å². The molecule has 0 bridgehead atoms. The summed E-state index contributed by atoms with van der Waals surface area (Å²) in [6.45, 7) is 8.11. The summed E-state index contributed by atoms with van der Waals surface area (Å²) in [7, 11) is 0. The summed E-state index contributed by atoms with van der Waals surface area (Å²) in [4.78, 5) is 43.7. The molecule has 2 amide bonds. The van der Waals surface area contributed by atoms with Crippen molar-refractivity contribution in [1.29, 1.82) is 0 Å². The smallest absolute Gasteiger partial charge is 0.327 e. The SMILES string of the molecule is CC(C)N1CN(C(C(=O)NC2C(=O)N3C2SC(C)(C)C3C(=O)O)c2ccc(O)cc2)CSC1=S. The number of carboxylic acid groups (broad SMARTS) is 1. The molecule has 0 radical (unpaired) electrons. The summed E-state index contributed by atoms with van der Waals surface area (Å²) in [6.07, 6.45) is 0. The van der Waals surface area contributed by atoms with Crippen LogP contribution in [0, 0.1) is 0 Å². The first-order valence-corrected chi connectivity index (χ1v) is 13.2. The predicted molar refractivity (Wildman–Crippen MR) is 135 cm³/mol. The van der Waals surface area contributed by atoms with Crippen molar-refractivity contribution in [2.45, 2.75) is 62.0 Å². The molecule has 3 aliphatic rings. The zero-order chi connectivity index (χ0) is 24.9. The zero-order valence-corrected chi connectivity index (χ0v) is 21.7. The van der Waals surface area contributed by atoms with Crippen LogP contribution in [0.15, 0.2) is 24.3 Å². The lowest BCUT2D eigenvalue weighted by Crippen LogP contribution is -2.71. The van der Waals surface area contributed by atoms with E-state index in [9.17, 15) is 24.6 Å². The van der Waals surface area contributed by atoms with E-state index in [4.69, 9.17) is 12.2 Å². The van der Waals surface area contributed by atoms with Crippen LogP contribution in [0.2, 0.25) is 0 Å². The summed E-state index contributed by atoms with van der Waals surface area (Å²) < 4.78 is 0.101. The van der Waals surface area contributed by atoms with E-state index in [2.05, 4.69) is 5.32 Å². The van der Waals surface area contributed by atoms with Gasteiger partial charge in [-0.15, -0.1) is 11.8 Å². The molecular formula is C22H28N4O5S3. The zero-order valence-electron chi connectivity index (χ0n) is 19.3. The predicted octanol–water partition coefficient (Wildman–Crippen LogP) is 2.02. The van der Waals surface area contributed by atoms with Crippen LogP contribution in [-0.4, -0.2) is 87.8 Å². The van der Waals surface area contributed by atoms with Crippen molar-refractivity contribution >= 4 is 57.8 Å². The Bertz CT molecular complexity index is 1020. The second-order valence-corrected chi connectivity index (χ2v) is 12.8. The number of aromatic hydroxyl groups is 1. The molecule has 3 aliphatic heterocycles. The van der Waals surface area contributed by atoms with E-state index in [1.165, 1.54) is 40.6 Å². The highest BCUT2D eigenvalue weighted by Gasteiger charge is 2.64. The van der Waals surface area contributed by atoms with Crippen LogP contribution in [-0.2, 0) is 14.4 Å². The van der Waals surface area contributed by atoms with Gasteiger partial charge in [-0.2, -0.15) is 0 Å². The number of benzene rings is 1. The third kappa shape index (κ3) is 4.36. The molecule has 4 atom stereocenters. The van der Waals surface area contributed by atoms with Gasteiger partial charge in [0.2, 0.25) is 11.8 Å². The molecule has 4 unspecified atom stereocenters. The standard InChI is InChI=1S/C22H28N4O5S3/c1-11(2)25-9-24(10-33-21(25)32)15(12-5-7-13(27)8-6-12)17(28)23-14-18(29)26-16(20(30)31)22(3,4)34-19(14)26/h5-8,11,14-16,19,27H,9-10H2,1-4H3,(H,23,28)(H,30,31). The fraction of sp³-hybridized carbons (Fsp3) is 0.545. The number of fused-ring (bicyclic) bond motifs is 1. The van der Waals surface area contributed by atoms with Gasteiger partial charge in [0.25, 0.3) is 0 Å². The van der Waals surface area contributed by atoms with Gasteiger partial charge >= 0.3 is 5.97 Å². The number of phenols is 1. The lowest BCUT2D eigenvalue weighted by Gasteiger charge is -2.45. The number of hydrogen-bond acceptors (Lipinski definition) is 8. The summed E-state index contributed by atoms with van der Waals surface area (Å²) in [6, 6.07) is 4.16. The number of nitrogens with one attached hydrogen (secondary N) is 1. The number of nitrogens with zero attached hydrogens (tertiary/aromatic N) is 3. The van der Waals surface area contributed by atoms with Gasteiger partial charge < -0.3 is 25.3 Å². The highest BCUT2D eigenvalue weighted by atomic mass is 32.2. The lowest BCUT2D eigenvalue weighted by molar-refractivity contribution is -0.161. The van der Waals surface area contributed by atoms with Gasteiger partial charge in [0, 0.05) is 10.8 Å². The minimum Gasteiger partial charge on any atom is -0.508 e. The van der Waals surface area contributed by atoms with Gasteiger partial charge in [-0.05, 0) is 45.4 Å². The number of thioether (sulfide) groups is 2. The molecule has 4 rings (SSSR count). The maximum atomic E-state index is 13.6. The first kappa shape index (κ1) is 25.1. The number of aliphatic carboxylic acids is 1. The Morgan fingerprint density at radius 2 is 1.88 bits per heavy atom. The monoisotopic (exact) mass is 524 g/mol. The molecule has 0 aromatic heterocycles. The third-order valence-electron chi connectivity index (χ3n) is 6.34. The minimum atomic E-state index is -1.05. The van der Waals surface area contributed by atoms with Crippen LogP contribution in [0.5, 0.6) is 5.75 Å². The molecule has 0 spiro atoms. The van der Waals surface area contributed by atoms with Crippen LogP contribution >= 0.6 is 35.7 Å². The molecule has 3 saturated heterocycles. The van der Waals surface area contributed by atoms with Gasteiger partial charge in [-0.1, -0.05) is 36.1 Å². The first-order valence-electron chi connectivity index (χ1n) is 10.9. The van der Waals surface area contributed by atoms with E-state index in [0.29, 0.717) is 18.1 Å². The second kappa shape index (κ2) is 9.21. The highest BCUT2D eigenvalue weighted by Crippen LogP contribution is 2.51. The Hall–Kier alpha value is -2.02. The molecule has 12 heteroatoms. The van der Waals surface area contributed by atoms with Crippen LogP contribution in [0.1, 0.15) is 39.3 Å². The molecule has 1 aromatic rings. The number of carboxylic acids is 1. The quantitative estimate of drug-likeness (QED) is 0.377. The Kier molecular flexibility index (Phi) is 6.80. The van der Waals surface area contributed by atoms with E-state index in [1.807, 2.05) is 23.6 Å². The van der Waals surface area contributed by atoms with E-state index >= 15 is 0 Å². The second-order valence-electron chi connectivity index (χ2n) is 9.41. The Labute approximate surface area is 212 Å². The van der Waals surface area contributed by atoms with Gasteiger partial charge in [-0.25, -0.2) is 4.79 Å². The molecule has 184 valence electrons. The topological polar surface area (TPSA) is 113 Å².